The lowest BCUT2D eigenvalue weighted by molar-refractivity contribution is -0.136. The van der Waals surface area contributed by atoms with Crippen molar-refractivity contribution in [2.75, 3.05) is 29.9 Å². The molecule has 2 heterocycles. The van der Waals surface area contributed by atoms with Gasteiger partial charge in [-0.2, -0.15) is 0 Å². The lowest BCUT2D eigenvalue weighted by atomic mass is 10.1. The number of rotatable bonds is 7. The number of pyridine rings is 1. The Hall–Kier alpha value is -2.32. The predicted octanol–water partition coefficient (Wildman–Crippen LogP) is 4.43. The van der Waals surface area contributed by atoms with Crippen molar-refractivity contribution in [3.8, 4) is 0 Å². The second-order valence-electron chi connectivity index (χ2n) is 11.7. The molecule has 0 unspecified atom stereocenters. The Labute approximate surface area is 211 Å². The van der Waals surface area contributed by atoms with Crippen LogP contribution in [0.15, 0.2) is 29.2 Å². The molecule has 1 saturated heterocycles. The van der Waals surface area contributed by atoms with E-state index in [1.165, 1.54) is 12.8 Å². The minimum atomic E-state index is -0.0770. The van der Waals surface area contributed by atoms with Crippen LogP contribution in [0.5, 0.6) is 0 Å². The average Bonchev–Trinajstić information content (AvgIpc) is 3.73. The molecule has 7 nitrogen and oxygen atoms in total. The number of carbonyl (C=O) groups excluding carboxylic acids is 2. The molecule has 1 atom stereocenters. The van der Waals surface area contributed by atoms with Gasteiger partial charge in [0.1, 0.15) is 5.82 Å². The summed E-state index contributed by atoms with van der Waals surface area (Å²) in [7, 11) is 0. The van der Waals surface area contributed by atoms with Crippen LogP contribution >= 0.6 is 11.9 Å². The monoisotopic (exact) mass is 493 g/mol. The molecule has 3 aliphatic carbocycles. The topological polar surface area (TPSA) is 77.6 Å². The minimum Gasteiger partial charge on any atom is -0.367 e. The molecule has 35 heavy (non-hydrogen) atoms. The molecular formula is C27H35N5O2S. The number of benzene rings is 1. The Morgan fingerprint density at radius 1 is 1.17 bits per heavy atom. The van der Waals surface area contributed by atoms with Crippen molar-refractivity contribution in [2.24, 2.45) is 17.3 Å². The molecule has 0 spiro atoms. The van der Waals surface area contributed by atoms with Crippen molar-refractivity contribution in [1.29, 1.82) is 0 Å². The number of fused-ring (bicyclic) bond motifs is 2. The Kier molecular flexibility index (Phi) is 5.35. The third-order valence-corrected chi connectivity index (χ3v) is 9.36. The molecule has 0 bridgehead atoms. The van der Waals surface area contributed by atoms with Crippen LogP contribution < -0.4 is 14.9 Å². The van der Waals surface area contributed by atoms with E-state index >= 15 is 0 Å². The zero-order valence-electron chi connectivity index (χ0n) is 21.1. The number of aromatic nitrogens is 1. The molecule has 0 radical (unpaired) electrons. The zero-order chi connectivity index (χ0) is 24.5. The van der Waals surface area contributed by atoms with Crippen molar-refractivity contribution in [2.45, 2.75) is 69.9 Å². The van der Waals surface area contributed by atoms with Gasteiger partial charge in [-0.15, -0.1) is 0 Å². The lowest BCUT2D eigenvalue weighted by Crippen LogP contribution is -2.55. The van der Waals surface area contributed by atoms with Crippen molar-refractivity contribution in [3.63, 3.8) is 0 Å². The van der Waals surface area contributed by atoms with Crippen molar-refractivity contribution < 1.29 is 9.59 Å². The van der Waals surface area contributed by atoms with Crippen LogP contribution in [0.1, 0.15) is 53.4 Å². The number of nitrogens with zero attached hydrogens (tertiary/aromatic N) is 3. The van der Waals surface area contributed by atoms with Gasteiger partial charge >= 0.3 is 0 Å². The van der Waals surface area contributed by atoms with Crippen LogP contribution in [0.2, 0.25) is 0 Å². The van der Waals surface area contributed by atoms with Gasteiger partial charge in [-0.3, -0.25) is 14.3 Å². The minimum absolute atomic E-state index is 0.0124. The Morgan fingerprint density at radius 3 is 2.54 bits per heavy atom. The third-order valence-electron chi connectivity index (χ3n) is 8.30. The normalized spacial score (nSPS) is 28.1. The van der Waals surface area contributed by atoms with Gasteiger partial charge in [0.15, 0.2) is 0 Å². The zero-order valence-corrected chi connectivity index (χ0v) is 21.9. The molecule has 4 fully saturated rings. The van der Waals surface area contributed by atoms with E-state index in [0.29, 0.717) is 11.7 Å². The number of piperazine rings is 1. The van der Waals surface area contributed by atoms with Gasteiger partial charge in [0.25, 0.3) is 0 Å². The molecule has 6 rings (SSSR count). The van der Waals surface area contributed by atoms with Crippen LogP contribution in [0.4, 0.5) is 11.5 Å². The highest BCUT2D eigenvalue weighted by atomic mass is 32.2. The number of hydrogen-bond donors (Lipinski definition) is 2. The smallest absolute Gasteiger partial charge is 0.232 e. The van der Waals surface area contributed by atoms with Crippen LogP contribution in [0, 0.1) is 17.3 Å². The number of hydrogen-bond acceptors (Lipinski definition) is 6. The Morgan fingerprint density at radius 2 is 1.91 bits per heavy atom. The molecular weight excluding hydrogens is 458 g/mol. The highest BCUT2D eigenvalue weighted by Gasteiger charge is 2.74. The first-order valence-electron chi connectivity index (χ1n) is 12.9. The van der Waals surface area contributed by atoms with E-state index < -0.39 is 0 Å². The molecule has 8 heteroatoms. The van der Waals surface area contributed by atoms with Gasteiger partial charge in [-0.25, -0.2) is 4.98 Å². The summed E-state index contributed by atoms with van der Waals surface area (Å²) in [6, 6.07) is 8.52. The molecule has 186 valence electrons. The fraction of sp³-hybridized carbons (Fsp3) is 0.593. The maximum Gasteiger partial charge on any atom is 0.232 e. The van der Waals surface area contributed by atoms with Crippen molar-refractivity contribution in [1.82, 2.24) is 14.6 Å². The Bertz CT molecular complexity index is 1200. The fourth-order valence-corrected chi connectivity index (χ4v) is 6.11. The summed E-state index contributed by atoms with van der Waals surface area (Å²) >= 11 is 1.67. The van der Waals surface area contributed by atoms with E-state index in [9.17, 15) is 9.59 Å². The predicted molar refractivity (Wildman–Crippen MR) is 140 cm³/mol. The first-order chi connectivity index (χ1) is 16.7. The van der Waals surface area contributed by atoms with Crippen LogP contribution in [0.25, 0.3) is 10.9 Å². The number of amides is 2. The number of nitrogens with one attached hydrogen (secondary N) is 2. The van der Waals surface area contributed by atoms with Gasteiger partial charge in [0.2, 0.25) is 11.8 Å². The van der Waals surface area contributed by atoms with Crippen molar-refractivity contribution in [3.05, 3.63) is 24.3 Å². The number of anilines is 2. The molecule has 2 amide bonds. The lowest BCUT2D eigenvalue weighted by Gasteiger charge is -2.42. The van der Waals surface area contributed by atoms with Gasteiger partial charge in [0.05, 0.1) is 10.9 Å². The van der Waals surface area contributed by atoms with Crippen LogP contribution in [-0.2, 0) is 9.59 Å². The van der Waals surface area contributed by atoms with Crippen LogP contribution in [0.3, 0.4) is 0 Å². The molecule has 1 aromatic heterocycles. The first-order valence-corrected chi connectivity index (χ1v) is 13.7. The summed E-state index contributed by atoms with van der Waals surface area (Å²) in [4.78, 5) is 35.7. The second-order valence-corrected chi connectivity index (χ2v) is 12.5. The van der Waals surface area contributed by atoms with Gasteiger partial charge in [-0.1, -0.05) is 13.8 Å². The van der Waals surface area contributed by atoms with Crippen LogP contribution in [-0.4, -0.2) is 52.9 Å². The van der Waals surface area contributed by atoms with E-state index in [2.05, 4.69) is 47.0 Å². The summed E-state index contributed by atoms with van der Waals surface area (Å²) < 4.78 is 3.62. The highest BCUT2D eigenvalue weighted by Crippen LogP contribution is 2.75. The Balaban J connectivity index is 1.29. The molecule has 2 N–H and O–H groups in total. The first kappa shape index (κ1) is 23.1. The van der Waals surface area contributed by atoms with E-state index in [-0.39, 0.29) is 34.7 Å². The molecule has 3 saturated carbocycles. The third kappa shape index (κ3) is 4.29. The maximum absolute atomic E-state index is 12.7. The van der Waals surface area contributed by atoms with Gasteiger partial charge < -0.3 is 15.1 Å². The number of carbonyl (C=O) groups is 2. The second kappa shape index (κ2) is 8.10. The average molecular weight is 494 g/mol. The van der Waals surface area contributed by atoms with Crippen molar-refractivity contribution >= 4 is 46.2 Å². The summed E-state index contributed by atoms with van der Waals surface area (Å²) in [6.45, 7) is 10.6. The summed E-state index contributed by atoms with van der Waals surface area (Å²) in [5.41, 5.74) is 2.17. The molecule has 4 aliphatic rings. The standard InChI is InChI=1S/C27H35N5O2S/c1-16(2)24(33)32-10-9-31(15-17(32)3)22-12-19(35-30-26(4)7-8-26)11-21-20(22)5-6-23(28-21)29-25(34)27-13-18(27)14-27/h5-6,11-12,16-18,30H,7-10,13-15H2,1-4H3,(H,28,29,34)/t17-,18?,27?/m0/s1. The summed E-state index contributed by atoms with van der Waals surface area (Å²) in [5.74, 6) is 1.60. The molecule has 2 aromatic rings. The highest BCUT2D eigenvalue weighted by molar-refractivity contribution is 7.97. The SMILES string of the molecule is CC(C)C(=O)N1CCN(c2cc(SNC3(C)CC3)cc3nc(NC(=O)C45CC4C5)ccc23)C[C@@H]1C. The fourth-order valence-electron chi connectivity index (χ4n) is 5.20. The summed E-state index contributed by atoms with van der Waals surface area (Å²) in [5, 5.41) is 4.15. The summed E-state index contributed by atoms with van der Waals surface area (Å²) in [6.07, 6.45) is 4.46. The maximum atomic E-state index is 12.7. The van der Waals surface area contributed by atoms with E-state index in [4.69, 9.17) is 4.98 Å². The van der Waals surface area contributed by atoms with E-state index in [1.54, 1.807) is 11.9 Å². The molecule has 1 aliphatic heterocycles. The molecule has 1 aromatic carbocycles. The van der Waals surface area contributed by atoms with Gasteiger partial charge in [0, 0.05) is 53.1 Å². The van der Waals surface area contributed by atoms with E-state index in [1.807, 2.05) is 24.8 Å². The largest absolute Gasteiger partial charge is 0.367 e. The van der Waals surface area contributed by atoms with Gasteiger partial charge in [-0.05, 0) is 81.7 Å². The quantitative estimate of drug-likeness (QED) is 0.556. The van der Waals surface area contributed by atoms with E-state index in [0.717, 1.165) is 54.0 Å².